The van der Waals surface area contributed by atoms with Crippen molar-refractivity contribution in [2.75, 3.05) is 11.9 Å². The van der Waals surface area contributed by atoms with E-state index in [1.165, 1.54) is 0 Å². The van der Waals surface area contributed by atoms with E-state index in [2.05, 4.69) is 20.6 Å². The normalized spacial score (nSPS) is 27.5. The van der Waals surface area contributed by atoms with Crippen molar-refractivity contribution in [2.24, 2.45) is 5.92 Å². The molecular weight excluding hydrogens is 368 g/mol. The van der Waals surface area contributed by atoms with Gasteiger partial charge in [0.05, 0.1) is 17.2 Å². The van der Waals surface area contributed by atoms with E-state index in [9.17, 15) is 15.0 Å². The van der Waals surface area contributed by atoms with Crippen LogP contribution in [0.15, 0.2) is 24.4 Å². The zero-order valence-corrected chi connectivity index (χ0v) is 16.7. The van der Waals surface area contributed by atoms with E-state index >= 15 is 0 Å². The Morgan fingerprint density at radius 3 is 2.48 bits per heavy atom. The highest BCUT2D eigenvalue weighted by molar-refractivity contribution is 6.05. The first kappa shape index (κ1) is 20.0. The number of carbonyl (C=O) groups excluding carboxylic acids is 1. The minimum atomic E-state index is -0.201. The molecule has 7 nitrogen and oxygen atoms in total. The monoisotopic (exact) mass is 398 g/mol. The van der Waals surface area contributed by atoms with E-state index in [1.54, 1.807) is 6.20 Å². The Bertz CT molecular complexity index is 843. The second-order valence-corrected chi connectivity index (χ2v) is 8.46. The van der Waals surface area contributed by atoms with Gasteiger partial charge in [-0.2, -0.15) is 0 Å². The maximum absolute atomic E-state index is 12.9. The summed E-state index contributed by atoms with van der Waals surface area (Å²) in [6.45, 7) is 0.233. The number of carbonyl (C=O) groups is 1. The van der Waals surface area contributed by atoms with Gasteiger partial charge < -0.3 is 20.8 Å². The molecule has 0 unspecified atom stereocenters. The number of fused-ring (bicyclic) bond motifs is 1. The quantitative estimate of drug-likeness (QED) is 0.617. The largest absolute Gasteiger partial charge is 0.396 e. The van der Waals surface area contributed by atoms with Crippen LogP contribution in [0, 0.1) is 5.92 Å². The number of aromatic nitrogens is 2. The molecule has 2 saturated carbocycles. The number of nitrogens with zero attached hydrogens (tertiary/aromatic N) is 2. The third-order valence-electron chi connectivity index (χ3n) is 6.33. The summed E-state index contributed by atoms with van der Waals surface area (Å²) in [5.74, 6) is 0.791. The van der Waals surface area contributed by atoms with Crippen molar-refractivity contribution in [1.82, 2.24) is 15.3 Å². The molecule has 29 heavy (non-hydrogen) atoms. The summed E-state index contributed by atoms with van der Waals surface area (Å²) in [6.07, 6.45) is 8.61. The van der Waals surface area contributed by atoms with Gasteiger partial charge in [0.1, 0.15) is 0 Å². The molecule has 2 aromatic rings. The first-order chi connectivity index (χ1) is 14.1. The molecule has 4 N–H and O–H groups in total. The van der Waals surface area contributed by atoms with Crippen LogP contribution in [0.25, 0.3) is 10.9 Å². The van der Waals surface area contributed by atoms with Crippen molar-refractivity contribution in [3.63, 3.8) is 0 Å². The maximum atomic E-state index is 12.9. The van der Waals surface area contributed by atoms with Gasteiger partial charge in [0.25, 0.3) is 5.91 Å². The molecule has 1 amide bonds. The Morgan fingerprint density at radius 1 is 1.03 bits per heavy atom. The van der Waals surface area contributed by atoms with Gasteiger partial charge in [-0.1, -0.05) is 12.1 Å². The maximum Gasteiger partial charge on any atom is 0.253 e. The lowest BCUT2D eigenvalue weighted by molar-refractivity contribution is 0.0915. The average Bonchev–Trinajstić information content (AvgIpc) is 2.75. The van der Waals surface area contributed by atoms with Gasteiger partial charge in [0, 0.05) is 30.3 Å². The highest BCUT2D eigenvalue weighted by atomic mass is 16.3. The summed E-state index contributed by atoms with van der Waals surface area (Å²) < 4.78 is 0. The highest BCUT2D eigenvalue weighted by Gasteiger charge is 2.24. The molecule has 156 valence electrons. The molecule has 2 aliphatic carbocycles. The van der Waals surface area contributed by atoms with Gasteiger partial charge in [-0.3, -0.25) is 4.79 Å². The molecule has 4 rings (SSSR count). The number of benzene rings is 1. The van der Waals surface area contributed by atoms with Gasteiger partial charge in [-0.05, 0) is 63.4 Å². The smallest absolute Gasteiger partial charge is 0.253 e. The van der Waals surface area contributed by atoms with E-state index in [-0.39, 0.29) is 30.7 Å². The number of rotatable bonds is 5. The SMILES string of the molecule is O=C(N[C@H]1CC[C@H](CO)CC1)c1cccc2cnc(N[C@H]3CC[C@H](O)CC3)nc12. The van der Waals surface area contributed by atoms with Crippen molar-refractivity contribution in [3.8, 4) is 0 Å². The molecule has 0 spiro atoms. The van der Waals surface area contributed by atoms with Crippen LogP contribution in [0.4, 0.5) is 5.95 Å². The third-order valence-corrected chi connectivity index (χ3v) is 6.33. The Kier molecular flexibility index (Phi) is 6.25. The lowest BCUT2D eigenvalue weighted by Crippen LogP contribution is -2.38. The van der Waals surface area contributed by atoms with Crippen molar-refractivity contribution < 1.29 is 15.0 Å². The van der Waals surface area contributed by atoms with Gasteiger partial charge in [-0.15, -0.1) is 0 Å². The zero-order chi connectivity index (χ0) is 20.2. The van der Waals surface area contributed by atoms with Gasteiger partial charge in [0.15, 0.2) is 0 Å². The molecule has 0 radical (unpaired) electrons. The van der Waals surface area contributed by atoms with E-state index in [4.69, 9.17) is 0 Å². The predicted molar refractivity (Wildman–Crippen MR) is 112 cm³/mol. The molecule has 2 aliphatic rings. The molecular formula is C22H30N4O3. The molecule has 1 aromatic carbocycles. The second kappa shape index (κ2) is 9.05. The predicted octanol–water partition coefficient (Wildman–Crippen LogP) is 2.63. The first-order valence-electron chi connectivity index (χ1n) is 10.7. The summed E-state index contributed by atoms with van der Waals surface area (Å²) in [6, 6.07) is 5.98. The van der Waals surface area contributed by atoms with E-state index in [0.29, 0.717) is 22.9 Å². The van der Waals surface area contributed by atoms with Crippen molar-refractivity contribution in [1.29, 1.82) is 0 Å². The topological polar surface area (TPSA) is 107 Å². The minimum absolute atomic E-state index is 0.103. The van der Waals surface area contributed by atoms with Crippen LogP contribution >= 0.6 is 0 Å². The second-order valence-electron chi connectivity index (χ2n) is 8.46. The summed E-state index contributed by atoms with van der Waals surface area (Å²) >= 11 is 0. The number of para-hydroxylation sites is 1. The Hall–Kier alpha value is -2.25. The van der Waals surface area contributed by atoms with Crippen LogP contribution < -0.4 is 10.6 Å². The third kappa shape index (κ3) is 4.85. The minimum Gasteiger partial charge on any atom is -0.396 e. The van der Waals surface area contributed by atoms with Crippen LogP contribution in [-0.2, 0) is 0 Å². The number of aliphatic hydroxyl groups is 2. The number of amides is 1. The number of nitrogens with one attached hydrogen (secondary N) is 2. The number of hydrogen-bond acceptors (Lipinski definition) is 6. The van der Waals surface area contributed by atoms with Crippen LogP contribution in [-0.4, -0.2) is 50.9 Å². The average molecular weight is 399 g/mol. The molecule has 0 bridgehead atoms. The zero-order valence-electron chi connectivity index (χ0n) is 16.7. The molecule has 2 fully saturated rings. The fourth-order valence-corrected chi connectivity index (χ4v) is 4.46. The van der Waals surface area contributed by atoms with Gasteiger partial charge in [0.2, 0.25) is 5.95 Å². The molecule has 0 saturated heterocycles. The van der Waals surface area contributed by atoms with Crippen molar-refractivity contribution >= 4 is 22.8 Å². The van der Waals surface area contributed by atoms with Crippen LogP contribution in [0.3, 0.4) is 0 Å². The van der Waals surface area contributed by atoms with Crippen LogP contribution in [0.5, 0.6) is 0 Å². The Balaban J connectivity index is 1.47. The number of aliphatic hydroxyl groups excluding tert-OH is 2. The van der Waals surface area contributed by atoms with Crippen molar-refractivity contribution in [3.05, 3.63) is 30.0 Å². The highest BCUT2D eigenvalue weighted by Crippen LogP contribution is 2.25. The summed E-state index contributed by atoms with van der Waals surface area (Å²) in [7, 11) is 0. The molecule has 1 aromatic heterocycles. The van der Waals surface area contributed by atoms with Crippen LogP contribution in [0.1, 0.15) is 61.7 Å². The van der Waals surface area contributed by atoms with Crippen molar-refractivity contribution in [2.45, 2.75) is 69.6 Å². The summed E-state index contributed by atoms with van der Waals surface area (Å²) in [5, 5.41) is 26.3. The first-order valence-corrected chi connectivity index (χ1v) is 10.7. The summed E-state index contributed by atoms with van der Waals surface area (Å²) in [4.78, 5) is 22.0. The van der Waals surface area contributed by atoms with Gasteiger partial charge in [-0.25, -0.2) is 9.97 Å². The summed E-state index contributed by atoms with van der Waals surface area (Å²) in [5.41, 5.74) is 1.22. The molecule has 0 aliphatic heterocycles. The van der Waals surface area contributed by atoms with Crippen LogP contribution in [0.2, 0.25) is 0 Å². The fraction of sp³-hybridized carbons (Fsp3) is 0.591. The standard InChI is InChI=1S/C22H30N4O3/c27-13-14-4-6-16(7-5-14)24-21(29)19-3-1-2-15-12-23-22(26-20(15)19)25-17-8-10-18(28)11-9-17/h1-3,12,14,16-18,27-28H,4-11,13H2,(H,24,29)(H,23,25,26)/t14-,16-,17-,18-. The molecule has 1 heterocycles. The fourth-order valence-electron chi connectivity index (χ4n) is 4.46. The number of hydrogen-bond donors (Lipinski definition) is 4. The Labute approximate surface area is 170 Å². The van der Waals surface area contributed by atoms with E-state index in [1.807, 2.05) is 18.2 Å². The molecule has 0 atom stereocenters. The number of anilines is 1. The molecule has 7 heteroatoms. The lowest BCUT2D eigenvalue weighted by atomic mass is 9.86. The van der Waals surface area contributed by atoms with E-state index < -0.39 is 0 Å². The van der Waals surface area contributed by atoms with E-state index in [0.717, 1.165) is 56.8 Å². The van der Waals surface area contributed by atoms with Gasteiger partial charge >= 0.3 is 0 Å². The lowest BCUT2D eigenvalue weighted by Gasteiger charge is -2.28. The Morgan fingerprint density at radius 2 is 1.76 bits per heavy atom.